The van der Waals surface area contributed by atoms with Gasteiger partial charge in [-0.15, -0.1) is 0 Å². The number of amides is 1. The Morgan fingerprint density at radius 2 is 1.89 bits per heavy atom. The lowest BCUT2D eigenvalue weighted by atomic mass is 10.2. The summed E-state index contributed by atoms with van der Waals surface area (Å²) >= 11 is 1.60. The quantitative estimate of drug-likeness (QED) is 0.630. The van der Waals surface area contributed by atoms with E-state index in [1.165, 1.54) is 0 Å². The number of nitrogens with one attached hydrogen (secondary N) is 1. The zero-order chi connectivity index (χ0) is 18.9. The van der Waals surface area contributed by atoms with Crippen LogP contribution in [0.2, 0.25) is 0 Å². The van der Waals surface area contributed by atoms with Crippen molar-refractivity contribution in [2.45, 2.75) is 13.0 Å². The van der Waals surface area contributed by atoms with Gasteiger partial charge in [0, 0.05) is 12.6 Å². The van der Waals surface area contributed by atoms with Crippen LogP contribution in [-0.4, -0.2) is 37.9 Å². The van der Waals surface area contributed by atoms with Crippen molar-refractivity contribution in [1.29, 1.82) is 0 Å². The van der Waals surface area contributed by atoms with E-state index in [2.05, 4.69) is 5.32 Å². The van der Waals surface area contributed by atoms with Crippen molar-refractivity contribution in [1.82, 2.24) is 5.32 Å². The van der Waals surface area contributed by atoms with Crippen LogP contribution in [0.15, 0.2) is 42.5 Å². The number of carbonyl (C=O) groups excluding carboxylic acids is 1. The molecule has 1 amide bonds. The van der Waals surface area contributed by atoms with Gasteiger partial charge in [0.15, 0.2) is 11.5 Å². The third-order valence-corrected chi connectivity index (χ3v) is 4.97. The minimum Gasteiger partial charge on any atom is -0.497 e. The molecule has 1 aliphatic rings. The highest BCUT2D eigenvalue weighted by Gasteiger charge is 2.13. The maximum atomic E-state index is 11.9. The summed E-state index contributed by atoms with van der Waals surface area (Å²) in [6, 6.07) is 13.2. The van der Waals surface area contributed by atoms with Crippen molar-refractivity contribution in [3.8, 4) is 23.0 Å². The van der Waals surface area contributed by atoms with Crippen molar-refractivity contribution in [3.63, 3.8) is 0 Å². The lowest BCUT2D eigenvalue weighted by Gasteiger charge is -2.08. The van der Waals surface area contributed by atoms with Gasteiger partial charge in [-0.1, -0.05) is 12.1 Å². The Morgan fingerprint density at radius 1 is 1.11 bits per heavy atom. The second kappa shape index (κ2) is 9.97. The summed E-state index contributed by atoms with van der Waals surface area (Å²) in [7, 11) is 1.63. The number of hydrogen-bond acceptors (Lipinski definition) is 6. The van der Waals surface area contributed by atoms with Gasteiger partial charge in [-0.25, -0.2) is 0 Å². The lowest BCUT2D eigenvalue weighted by Crippen LogP contribution is -2.24. The van der Waals surface area contributed by atoms with Crippen LogP contribution in [0.25, 0.3) is 0 Å². The maximum absolute atomic E-state index is 11.9. The Kier molecular flexibility index (Phi) is 7.10. The molecule has 0 spiro atoms. The Hall–Kier alpha value is -2.54. The van der Waals surface area contributed by atoms with Gasteiger partial charge in [0.25, 0.3) is 0 Å². The molecule has 0 saturated heterocycles. The van der Waals surface area contributed by atoms with Gasteiger partial charge in [-0.05, 0) is 42.0 Å². The van der Waals surface area contributed by atoms with E-state index in [-0.39, 0.29) is 12.7 Å². The summed E-state index contributed by atoms with van der Waals surface area (Å²) < 4.78 is 21.4. The Morgan fingerprint density at radius 3 is 2.70 bits per heavy atom. The smallest absolute Gasteiger partial charge is 0.231 e. The highest BCUT2D eigenvalue weighted by molar-refractivity contribution is 7.99. The Labute approximate surface area is 163 Å². The molecule has 3 rings (SSSR count). The molecule has 0 fully saturated rings. The van der Waals surface area contributed by atoms with E-state index in [4.69, 9.17) is 18.9 Å². The molecule has 1 N–H and O–H groups in total. The number of thioether (sulfide) groups is 1. The van der Waals surface area contributed by atoms with E-state index in [0.717, 1.165) is 40.7 Å². The molecule has 2 aromatic carbocycles. The molecule has 1 aliphatic heterocycles. The van der Waals surface area contributed by atoms with E-state index < -0.39 is 0 Å². The Balaban J connectivity index is 1.24. The molecule has 0 aliphatic carbocycles. The summed E-state index contributed by atoms with van der Waals surface area (Å²) in [5.41, 5.74) is 1.05. The van der Waals surface area contributed by atoms with Crippen LogP contribution in [0.5, 0.6) is 23.0 Å². The fourth-order valence-corrected chi connectivity index (χ4v) is 3.23. The van der Waals surface area contributed by atoms with Gasteiger partial charge in [-0.2, -0.15) is 11.8 Å². The lowest BCUT2D eigenvalue weighted by molar-refractivity contribution is -0.118. The standard InChI is InChI=1S/C20H23NO5S/c1-23-16-5-3-15(4-6-16)12-21-20(22)13-27-10-2-9-24-17-7-8-18-19(11-17)26-14-25-18/h3-8,11H,2,9-10,12-14H2,1H3,(H,21,22). The van der Waals surface area contributed by atoms with Crippen LogP contribution < -0.4 is 24.3 Å². The maximum Gasteiger partial charge on any atom is 0.231 e. The first-order chi connectivity index (χ1) is 13.2. The van der Waals surface area contributed by atoms with Gasteiger partial charge in [-0.3, -0.25) is 4.79 Å². The molecule has 1 heterocycles. The van der Waals surface area contributed by atoms with E-state index >= 15 is 0 Å². The summed E-state index contributed by atoms with van der Waals surface area (Å²) in [6.07, 6.45) is 0.866. The largest absolute Gasteiger partial charge is 0.497 e. The van der Waals surface area contributed by atoms with Gasteiger partial charge in [0.1, 0.15) is 11.5 Å². The van der Waals surface area contributed by atoms with E-state index in [1.807, 2.05) is 42.5 Å². The number of fused-ring (bicyclic) bond motifs is 1. The zero-order valence-corrected chi connectivity index (χ0v) is 16.1. The molecule has 0 bridgehead atoms. The SMILES string of the molecule is COc1ccc(CNC(=O)CSCCCOc2ccc3c(c2)OCO3)cc1. The first-order valence-corrected chi connectivity index (χ1v) is 9.90. The van der Waals surface area contributed by atoms with Crippen LogP contribution in [0.1, 0.15) is 12.0 Å². The molecule has 2 aromatic rings. The molecule has 7 heteroatoms. The predicted octanol–water partition coefficient (Wildman–Crippen LogP) is 3.24. The second-order valence-electron chi connectivity index (χ2n) is 5.89. The van der Waals surface area contributed by atoms with Crippen LogP contribution in [0, 0.1) is 0 Å². The number of carbonyl (C=O) groups is 1. The molecule has 0 radical (unpaired) electrons. The fourth-order valence-electron chi connectivity index (χ4n) is 2.48. The third kappa shape index (κ3) is 5.99. The average Bonchev–Trinajstić information content (AvgIpc) is 3.17. The van der Waals surface area contributed by atoms with E-state index in [0.29, 0.717) is 18.9 Å². The van der Waals surface area contributed by atoms with Crippen molar-refractivity contribution < 1.29 is 23.7 Å². The molecular weight excluding hydrogens is 366 g/mol. The number of hydrogen-bond donors (Lipinski definition) is 1. The summed E-state index contributed by atoms with van der Waals surface area (Å²) in [5.74, 6) is 4.38. The van der Waals surface area contributed by atoms with Crippen molar-refractivity contribution in [2.24, 2.45) is 0 Å². The van der Waals surface area contributed by atoms with Gasteiger partial charge >= 0.3 is 0 Å². The Bertz CT molecular complexity index is 751. The van der Waals surface area contributed by atoms with E-state index in [9.17, 15) is 4.79 Å². The van der Waals surface area contributed by atoms with Crippen molar-refractivity contribution >= 4 is 17.7 Å². The first kappa shape index (κ1) is 19.2. The summed E-state index contributed by atoms with van der Waals surface area (Å²) in [5, 5.41) is 2.92. The average molecular weight is 389 g/mol. The molecule has 0 atom stereocenters. The number of benzene rings is 2. The number of rotatable bonds is 10. The van der Waals surface area contributed by atoms with Crippen molar-refractivity contribution in [3.05, 3.63) is 48.0 Å². The molecule has 6 nitrogen and oxygen atoms in total. The highest BCUT2D eigenvalue weighted by Crippen LogP contribution is 2.35. The number of methoxy groups -OCH3 is 1. The molecule has 0 unspecified atom stereocenters. The first-order valence-electron chi connectivity index (χ1n) is 8.74. The number of ether oxygens (including phenoxy) is 4. The fraction of sp³-hybridized carbons (Fsp3) is 0.350. The van der Waals surface area contributed by atoms with Gasteiger partial charge < -0.3 is 24.3 Å². The topological polar surface area (TPSA) is 66.0 Å². The van der Waals surface area contributed by atoms with Crippen LogP contribution in [0.3, 0.4) is 0 Å². The zero-order valence-electron chi connectivity index (χ0n) is 15.2. The summed E-state index contributed by atoms with van der Waals surface area (Å²) in [4.78, 5) is 11.9. The highest BCUT2D eigenvalue weighted by atomic mass is 32.2. The molecule has 27 heavy (non-hydrogen) atoms. The molecule has 0 saturated carbocycles. The minimum absolute atomic E-state index is 0.0347. The van der Waals surface area contributed by atoms with E-state index in [1.54, 1.807) is 18.9 Å². The minimum atomic E-state index is 0.0347. The van der Waals surface area contributed by atoms with Gasteiger partial charge in [0.05, 0.1) is 19.5 Å². The molecule has 144 valence electrons. The summed E-state index contributed by atoms with van der Waals surface area (Å²) in [6.45, 7) is 1.38. The van der Waals surface area contributed by atoms with Crippen LogP contribution in [-0.2, 0) is 11.3 Å². The van der Waals surface area contributed by atoms with Crippen LogP contribution in [0.4, 0.5) is 0 Å². The molecular formula is C20H23NO5S. The third-order valence-electron chi connectivity index (χ3n) is 3.93. The predicted molar refractivity (Wildman–Crippen MR) is 105 cm³/mol. The monoisotopic (exact) mass is 389 g/mol. The van der Waals surface area contributed by atoms with Crippen LogP contribution >= 0.6 is 11.8 Å². The second-order valence-corrected chi connectivity index (χ2v) is 7.00. The van der Waals surface area contributed by atoms with Gasteiger partial charge in [0.2, 0.25) is 12.7 Å². The molecule has 0 aromatic heterocycles. The van der Waals surface area contributed by atoms with Crippen molar-refractivity contribution in [2.75, 3.05) is 32.0 Å². The normalized spacial score (nSPS) is 11.9.